The Balaban J connectivity index is 1.77. The lowest BCUT2D eigenvalue weighted by atomic mass is 9.46. The predicted octanol–water partition coefficient (Wildman–Crippen LogP) is 2.64. The summed E-state index contributed by atoms with van der Waals surface area (Å²) in [6.45, 7) is 5.53. The molecule has 5 heteroatoms. The molecule has 9 atom stereocenters. The van der Waals surface area contributed by atoms with Gasteiger partial charge in [0.25, 0.3) is 0 Å². The lowest BCUT2D eigenvalue weighted by molar-refractivity contribution is -0.144. The highest BCUT2D eigenvalue weighted by Crippen LogP contribution is 2.67. The van der Waals surface area contributed by atoms with Crippen molar-refractivity contribution >= 4 is 11.6 Å². The summed E-state index contributed by atoms with van der Waals surface area (Å²) in [7, 11) is 0. The van der Waals surface area contributed by atoms with Crippen LogP contribution in [-0.4, -0.2) is 40.7 Å². The van der Waals surface area contributed by atoms with Crippen molar-refractivity contribution in [3.8, 4) is 0 Å². The number of hydrogen-bond donors (Lipinski definition) is 2. The minimum absolute atomic E-state index is 0.0484. The van der Waals surface area contributed by atoms with Crippen LogP contribution < -0.4 is 0 Å². The lowest BCUT2D eigenvalue weighted by Crippen LogP contribution is -2.58. The van der Waals surface area contributed by atoms with Crippen LogP contribution in [0.3, 0.4) is 0 Å². The molecule has 0 saturated heterocycles. The summed E-state index contributed by atoms with van der Waals surface area (Å²) in [4.78, 5) is 24.3. The van der Waals surface area contributed by atoms with Crippen molar-refractivity contribution in [3.63, 3.8) is 0 Å². The van der Waals surface area contributed by atoms with Gasteiger partial charge < -0.3 is 10.2 Å². The molecule has 0 radical (unpaired) electrons. The molecule has 0 bridgehead atoms. The van der Waals surface area contributed by atoms with Crippen LogP contribution >= 0.6 is 0 Å². The van der Waals surface area contributed by atoms with Crippen molar-refractivity contribution in [2.75, 3.05) is 6.61 Å². The highest BCUT2D eigenvalue weighted by Gasteiger charge is 2.65. The molecule has 148 valence electrons. The second kappa shape index (κ2) is 6.08. The molecule has 0 spiro atoms. The average molecular weight is 376 g/mol. The Bertz CT molecular complexity index is 743. The Morgan fingerprint density at radius 2 is 2.04 bits per heavy atom. The fourth-order valence-corrected chi connectivity index (χ4v) is 7.49. The van der Waals surface area contributed by atoms with Crippen molar-refractivity contribution in [1.82, 2.24) is 0 Å². The Hall–Kier alpha value is -1.33. The molecule has 0 aromatic heterocycles. The minimum atomic E-state index is -1.21. The summed E-state index contributed by atoms with van der Waals surface area (Å²) in [5, 5.41) is 20.6. The molecule has 0 aromatic carbocycles. The average Bonchev–Trinajstić information content (AvgIpc) is 2.85. The molecular weight excluding hydrogens is 347 g/mol. The van der Waals surface area contributed by atoms with Gasteiger partial charge in [-0.15, -0.1) is 0 Å². The Kier molecular flexibility index (Phi) is 4.28. The smallest absolute Gasteiger partial charge is 0.178 e. The molecule has 27 heavy (non-hydrogen) atoms. The molecule has 4 aliphatic rings. The van der Waals surface area contributed by atoms with Gasteiger partial charge in [-0.1, -0.05) is 26.8 Å². The normalized spacial score (nSPS) is 51.3. The molecule has 3 saturated carbocycles. The fourth-order valence-electron chi connectivity index (χ4n) is 7.49. The number of carbonyl (C=O) groups excluding carboxylic acids is 2. The maximum atomic E-state index is 15.2. The van der Waals surface area contributed by atoms with Crippen molar-refractivity contribution in [3.05, 3.63) is 23.8 Å². The van der Waals surface area contributed by atoms with Gasteiger partial charge in [0.2, 0.25) is 0 Å². The number of aliphatic hydroxyl groups is 2. The summed E-state index contributed by atoms with van der Waals surface area (Å²) in [6.07, 6.45) is 4.39. The van der Waals surface area contributed by atoms with E-state index < -0.39 is 29.7 Å². The molecule has 0 amide bonds. The first-order valence-corrected chi connectivity index (χ1v) is 10.0. The largest absolute Gasteiger partial charge is 0.393 e. The second-order valence-electron chi connectivity index (χ2n) is 9.71. The standard InChI is InChI=1S/C22H29FO4/c1-11-6-14-13-8-16(23)15-7-12(25)4-5-21(15,2)20(13)17(26)9-22(14,3)19(11)18(27)10-24/h4-5,7,11,13-14,16-17,19-20,24,26H,6,8-10H2,1-3H3/t11-,13?,14?,16+,17+,19-,20?,21?,22?/m1/s1. The first-order chi connectivity index (χ1) is 12.6. The molecule has 4 aliphatic carbocycles. The first-order valence-electron chi connectivity index (χ1n) is 10.0. The van der Waals surface area contributed by atoms with Gasteiger partial charge in [-0.3, -0.25) is 9.59 Å². The number of halogens is 1. The van der Waals surface area contributed by atoms with Gasteiger partial charge in [0.15, 0.2) is 11.6 Å². The van der Waals surface area contributed by atoms with Gasteiger partial charge in [-0.25, -0.2) is 4.39 Å². The van der Waals surface area contributed by atoms with Crippen molar-refractivity contribution in [1.29, 1.82) is 0 Å². The number of fused-ring (bicyclic) bond motifs is 5. The van der Waals surface area contributed by atoms with Crippen LogP contribution in [0.1, 0.15) is 40.0 Å². The van der Waals surface area contributed by atoms with Gasteiger partial charge in [0.1, 0.15) is 12.8 Å². The number of allylic oxidation sites excluding steroid dienone is 4. The molecule has 0 aromatic rings. The van der Waals surface area contributed by atoms with Crippen LogP contribution in [0.4, 0.5) is 4.39 Å². The van der Waals surface area contributed by atoms with Crippen molar-refractivity contribution in [2.45, 2.75) is 52.3 Å². The molecule has 0 heterocycles. The third-order valence-corrected chi connectivity index (χ3v) is 8.32. The summed E-state index contributed by atoms with van der Waals surface area (Å²) in [5.74, 6) is -0.626. The number of rotatable bonds is 2. The van der Waals surface area contributed by atoms with Gasteiger partial charge in [0.05, 0.1) is 6.10 Å². The van der Waals surface area contributed by atoms with Crippen LogP contribution in [0.15, 0.2) is 23.8 Å². The van der Waals surface area contributed by atoms with Gasteiger partial charge in [0, 0.05) is 17.3 Å². The van der Waals surface area contributed by atoms with Crippen LogP contribution in [-0.2, 0) is 9.59 Å². The Morgan fingerprint density at radius 1 is 1.33 bits per heavy atom. The molecule has 0 aliphatic heterocycles. The second-order valence-corrected chi connectivity index (χ2v) is 9.71. The third kappa shape index (κ3) is 2.47. The summed E-state index contributed by atoms with van der Waals surface area (Å²) in [5.41, 5.74) is -0.599. The quantitative estimate of drug-likeness (QED) is 0.777. The van der Waals surface area contributed by atoms with Crippen LogP contribution in [0.25, 0.3) is 0 Å². The van der Waals surface area contributed by atoms with E-state index in [9.17, 15) is 19.8 Å². The molecule has 4 nitrogen and oxygen atoms in total. The van der Waals surface area contributed by atoms with Crippen molar-refractivity contribution < 1.29 is 24.2 Å². The zero-order valence-corrected chi connectivity index (χ0v) is 16.2. The zero-order chi connectivity index (χ0) is 19.7. The van der Waals surface area contributed by atoms with Gasteiger partial charge in [-0.05, 0) is 60.2 Å². The number of Topliss-reactive ketones (excluding diaryl/α,β-unsaturated/α-hetero) is 1. The molecule has 4 rings (SSSR count). The van der Waals surface area contributed by atoms with E-state index in [-0.39, 0.29) is 47.6 Å². The zero-order valence-electron chi connectivity index (χ0n) is 16.2. The van der Waals surface area contributed by atoms with Crippen LogP contribution in [0.2, 0.25) is 0 Å². The number of hydrogen-bond acceptors (Lipinski definition) is 4. The Labute approximate surface area is 159 Å². The maximum Gasteiger partial charge on any atom is 0.178 e. The third-order valence-electron chi connectivity index (χ3n) is 8.32. The van der Waals surface area contributed by atoms with Crippen molar-refractivity contribution in [2.24, 2.45) is 40.4 Å². The fraction of sp³-hybridized carbons (Fsp3) is 0.727. The van der Waals surface area contributed by atoms with E-state index in [1.807, 2.05) is 20.8 Å². The summed E-state index contributed by atoms with van der Waals surface area (Å²) >= 11 is 0. The number of alkyl halides is 1. The van der Waals surface area contributed by atoms with E-state index in [1.165, 1.54) is 12.2 Å². The maximum absolute atomic E-state index is 15.2. The minimum Gasteiger partial charge on any atom is -0.393 e. The van der Waals surface area contributed by atoms with Crippen LogP contribution in [0, 0.1) is 40.4 Å². The molecule has 5 unspecified atom stereocenters. The monoisotopic (exact) mass is 376 g/mol. The van der Waals surface area contributed by atoms with E-state index in [1.54, 1.807) is 6.08 Å². The topological polar surface area (TPSA) is 74.6 Å². The van der Waals surface area contributed by atoms with Gasteiger partial charge in [-0.2, -0.15) is 0 Å². The number of carbonyl (C=O) groups is 2. The predicted molar refractivity (Wildman–Crippen MR) is 98.4 cm³/mol. The first kappa shape index (κ1) is 19.0. The van der Waals surface area contributed by atoms with E-state index in [4.69, 9.17) is 0 Å². The van der Waals surface area contributed by atoms with E-state index in [0.29, 0.717) is 12.0 Å². The van der Waals surface area contributed by atoms with Gasteiger partial charge >= 0.3 is 0 Å². The summed E-state index contributed by atoms with van der Waals surface area (Å²) < 4.78 is 15.2. The molecular formula is C22H29FO4. The molecule has 3 fully saturated rings. The number of aliphatic hydroxyl groups excluding tert-OH is 2. The molecule has 2 N–H and O–H groups in total. The Morgan fingerprint density at radius 3 is 2.70 bits per heavy atom. The summed E-state index contributed by atoms with van der Waals surface area (Å²) in [6, 6.07) is 0. The number of ketones is 2. The van der Waals surface area contributed by atoms with E-state index >= 15 is 4.39 Å². The van der Waals surface area contributed by atoms with Crippen LogP contribution in [0.5, 0.6) is 0 Å². The van der Waals surface area contributed by atoms with E-state index in [2.05, 4.69) is 0 Å². The van der Waals surface area contributed by atoms with E-state index in [0.717, 1.165) is 6.42 Å². The SMILES string of the molecule is C[C@@H]1CC2C3C[C@H](F)C4=CC(=O)C=CC4(C)C3[C@@H](O)CC2(C)[C@H]1C(=O)CO. The lowest BCUT2D eigenvalue weighted by Gasteiger charge is -2.59. The highest BCUT2D eigenvalue weighted by molar-refractivity contribution is 6.01. The highest BCUT2D eigenvalue weighted by atomic mass is 19.1.